The van der Waals surface area contributed by atoms with Crippen molar-refractivity contribution in [1.29, 1.82) is 0 Å². The van der Waals surface area contributed by atoms with Crippen LogP contribution in [0.15, 0.2) is 6.20 Å². The Bertz CT molecular complexity index is 240. The molecule has 0 saturated heterocycles. The summed E-state index contributed by atoms with van der Waals surface area (Å²) in [7, 11) is 0. The van der Waals surface area contributed by atoms with Crippen molar-refractivity contribution in [2.24, 2.45) is 0 Å². The molecule has 0 unspecified atom stereocenters. The van der Waals surface area contributed by atoms with E-state index >= 15 is 0 Å². The summed E-state index contributed by atoms with van der Waals surface area (Å²) in [5, 5.41) is 12.5. The minimum atomic E-state index is 0.0558. The van der Waals surface area contributed by atoms with E-state index in [1.165, 1.54) is 0 Å². The number of nitrogens with zero attached hydrogens (tertiary/aromatic N) is 2. The third kappa shape index (κ3) is 3.04. The summed E-state index contributed by atoms with van der Waals surface area (Å²) in [5.41, 5.74) is 6.53. The van der Waals surface area contributed by atoms with Crippen LogP contribution in [-0.2, 0) is 11.3 Å². The van der Waals surface area contributed by atoms with Crippen LogP contribution in [0.3, 0.4) is 0 Å². The predicted octanol–water partition coefficient (Wildman–Crippen LogP) is -0.217. The molecule has 0 spiro atoms. The van der Waals surface area contributed by atoms with E-state index in [4.69, 9.17) is 15.6 Å². The lowest BCUT2D eigenvalue weighted by atomic mass is 10.4. The molecular weight excluding hydrogens is 170 g/mol. The van der Waals surface area contributed by atoms with Crippen molar-refractivity contribution in [3.05, 3.63) is 11.8 Å². The quantitative estimate of drug-likeness (QED) is 0.622. The zero-order valence-corrected chi connectivity index (χ0v) is 7.73. The second-order valence-electron chi connectivity index (χ2n) is 2.80. The van der Waals surface area contributed by atoms with Gasteiger partial charge in [0.25, 0.3) is 0 Å². The first-order valence-corrected chi connectivity index (χ1v) is 4.22. The molecule has 13 heavy (non-hydrogen) atoms. The van der Waals surface area contributed by atoms with Crippen molar-refractivity contribution in [1.82, 2.24) is 9.78 Å². The van der Waals surface area contributed by atoms with Crippen LogP contribution in [0.5, 0.6) is 0 Å². The average molecular weight is 185 g/mol. The zero-order chi connectivity index (χ0) is 9.68. The lowest BCUT2D eigenvalue weighted by Crippen LogP contribution is -2.09. The van der Waals surface area contributed by atoms with Gasteiger partial charge in [-0.1, -0.05) is 0 Å². The SMILES string of the molecule is Cc1cn(CCOCCO)nc1N. The Morgan fingerprint density at radius 2 is 2.38 bits per heavy atom. The maximum absolute atomic E-state index is 8.44. The molecule has 1 aromatic heterocycles. The largest absolute Gasteiger partial charge is 0.394 e. The first-order valence-electron chi connectivity index (χ1n) is 4.22. The maximum atomic E-state index is 8.44. The number of ether oxygens (including phenoxy) is 1. The predicted molar refractivity (Wildman–Crippen MR) is 49.3 cm³/mol. The lowest BCUT2D eigenvalue weighted by molar-refractivity contribution is 0.0854. The Hall–Kier alpha value is -1.07. The highest BCUT2D eigenvalue weighted by atomic mass is 16.5. The van der Waals surface area contributed by atoms with Crippen molar-refractivity contribution in [2.45, 2.75) is 13.5 Å². The van der Waals surface area contributed by atoms with Gasteiger partial charge in [0.2, 0.25) is 0 Å². The van der Waals surface area contributed by atoms with Crippen molar-refractivity contribution >= 4 is 5.82 Å². The van der Waals surface area contributed by atoms with Gasteiger partial charge in [-0.05, 0) is 6.92 Å². The summed E-state index contributed by atoms with van der Waals surface area (Å²) in [4.78, 5) is 0. The minimum absolute atomic E-state index is 0.0558. The van der Waals surface area contributed by atoms with E-state index in [0.717, 1.165) is 5.56 Å². The van der Waals surface area contributed by atoms with E-state index in [2.05, 4.69) is 5.10 Å². The van der Waals surface area contributed by atoms with Crippen LogP contribution in [0.4, 0.5) is 5.82 Å². The molecule has 0 aromatic carbocycles. The lowest BCUT2D eigenvalue weighted by Gasteiger charge is -2.01. The highest BCUT2D eigenvalue weighted by Crippen LogP contribution is 2.05. The number of nitrogens with two attached hydrogens (primary N) is 1. The molecule has 0 aliphatic carbocycles. The Morgan fingerprint density at radius 3 is 2.92 bits per heavy atom. The number of hydrogen-bond donors (Lipinski definition) is 2. The standard InChI is InChI=1S/C8H15N3O2/c1-7-6-11(10-8(7)9)2-4-13-5-3-12/h6,12H,2-5H2,1H3,(H2,9,10). The summed E-state index contributed by atoms with van der Waals surface area (Å²) >= 11 is 0. The highest BCUT2D eigenvalue weighted by molar-refractivity contribution is 5.35. The first kappa shape index (κ1) is 10.0. The normalized spacial score (nSPS) is 10.6. The van der Waals surface area contributed by atoms with Crippen LogP contribution in [0.1, 0.15) is 5.56 Å². The Balaban J connectivity index is 2.29. The molecule has 1 aromatic rings. The number of anilines is 1. The van der Waals surface area contributed by atoms with Gasteiger partial charge in [-0.2, -0.15) is 5.10 Å². The average Bonchev–Trinajstić information content (AvgIpc) is 2.41. The van der Waals surface area contributed by atoms with Crippen molar-refractivity contribution in [3.8, 4) is 0 Å². The Labute approximate surface area is 77.1 Å². The van der Waals surface area contributed by atoms with Crippen LogP contribution >= 0.6 is 0 Å². The second kappa shape index (κ2) is 4.84. The second-order valence-corrected chi connectivity index (χ2v) is 2.80. The molecule has 3 N–H and O–H groups in total. The monoisotopic (exact) mass is 185 g/mol. The van der Waals surface area contributed by atoms with E-state index < -0.39 is 0 Å². The van der Waals surface area contributed by atoms with Gasteiger partial charge in [0.1, 0.15) is 5.82 Å². The Morgan fingerprint density at radius 1 is 1.62 bits per heavy atom. The molecule has 0 radical (unpaired) electrons. The molecule has 0 saturated carbocycles. The fraction of sp³-hybridized carbons (Fsp3) is 0.625. The van der Waals surface area contributed by atoms with Gasteiger partial charge < -0.3 is 15.6 Å². The molecule has 0 bridgehead atoms. The van der Waals surface area contributed by atoms with E-state index in [-0.39, 0.29) is 6.61 Å². The van der Waals surface area contributed by atoms with Gasteiger partial charge in [-0.25, -0.2) is 0 Å². The first-order chi connectivity index (χ1) is 6.24. The molecule has 0 aliphatic rings. The van der Waals surface area contributed by atoms with Gasteiger partial charge in [-0.3, -0.25) is 4.68 Å². The van der Waals surface area contributed by atoms with Gasteiger partial charge >= 0.3 is 0 Å². The molecule has 0 atom stereocenters. The van der Waals surface area contributed by atoms with E-state index in [1.54, 1.807) is 4.68 Å². The molecule has 1 heterocycles. The molecule has 1 rings (SSSR count). The zero-order valence-electron chi connectivity index (χ0n) is 7.73. The Kier molecular flexibility index (Phi) is 3.72. The number of aromatic nitrogens is 2. The highest BCUT2D eigenvalue weighted by Gasteiger charge is 1.99. The van der Waals surface area contributed by atoms with Crippen LogP contribution in [0, 0.1) is 6.92 Å². The third-order valence-corrected chi connectivity index (χ3v) is 1.68. The number of rotatable bonds is 5. The van der Waals surface area contributed by atoms with Crippen LogP contribution < -0.4 is 5.73 Å². The van der Waals surface area contributed by atoms with E-state index in [1.807, 2.05) is 13.1 Å². The van der Waals surface area contributed by atoms with Crippen molar-refractivity contribution in [2.75, 3.05) is 25.6 Å². The van der Waals surface area contributed by atoms with Crippen LogP contribution in [0.2, 0.25) is 0 Å². The summed E-state index contributed by atoms with van der Waals surface area (Å²) in [6, 6.07) is 0. The maximum Gasteiger partial charge on any atom is 0.148 e. The molecule has 5 heteroatoms. The molecule has 5 nitrogen and oxygen atoms in total. The summed E-state index contributed by atoms with van der Waals surface area (Å²) in [6.45, 7) is 3.54. The smallest absolute Gasteiger partial charge is 0.148 e. The molecule has 0 amide bonds. The minimum Gasteiger partial charge on any atom is -0.394 e. The van der Waals surface area contributed by atoms with E-state index in [0.29, 0.717) is 25.6 Å². The molecule has 0 aliphatic heterocycles. The summed E-state index contributed by atoms with van der Waals surface area (Å²) in [5.74, 6) is 0.558. The van der Waals surface area contributed by atoms with Crippen molar-refractivity contribution < 1.29 is 9.84 Å². The number of nitrogen functional groups attached to an aromatic ring is 1. The van der Waals surface area contributed by atoms with Crippen LogP contribution in [-0.4, -0.2) is 34.7 Å². The summed E-state index contributed by atoms with van der Waals surface area (Å²) < 4.78 is 6.82. The summed E-state index contributed by atoms with van der Waals surface area (Å²) in [6.07, 6.45) is 1.87. The van der Waals surface area contributed by atoms with Gasteiger partial charge in [0.15, 0.2) is 0 Å². The molecule has 0 fully saturated rings. The van der Waals surface area contributed by atoms with Gasteiger partial charge in [-0.15, -0.1) is 0 Å². The van der Waals surface area contributed by atoms with Crippen molar-refractivity contribution in [3.63, 3.8) is 0 Å². The number of aliphatic hydroxyl groups excluding tert-OH is 1. The fourth-order valence-electron chi connectivity index (χ4n) is 0.975. The topological polar surface area (TPSA) is 73.3 Å². The number of aryl methyl sites for hydroxylation is 1. The number of aliphatic hydroxyl groups is 1. The number of hydrogen-bond acceptors (Lipinski definition) is 4. The fourth-order valence-corrected chi connectivity index (χ4v) is 0.975. The van der Waals surface area contributed by atoms with Gasteiger partial charge in [0, 0.05) is 11.8 Å². The third-order valence-electron chi connectivity index (χ3n) is 1.68. The molecular formula is C8H15N3O2. The molecule has 74 valence electrons. The van der Waals surface area contributed by atoms with Gasteiger partial charge in [0.05, 0.1) is 26.4 Å². The van der Waals surface area contributed by atoms with E-state index in [9.17, 15) is 0 Å². The van der Waals surface area contributed by atoms with Crippen LogP contribution in [0.25, 0.3) is 0 Å².